The van der Waals surface area contributed by atoms with Gasteiger partial charge in [0.15, 0.2) is 0 Å². The standard InChI is InChI=1S/C29H27N3O4S/c1-20-8-14-24(15-9-20)37-26-25(31-18-16-30(17-19-31)22-6-4-3-5-7-22)27(33)32(28(26)34)23-12-10-21(11-13-23)29(35)36-2/h3-15H,16-19H2,1-2H3. The first-order valence-electron chi connectivity index (χ1n) is 12.1. The van der Waals surface area contributed by atoms with Gasteiger partial charge in [-0.3, -0.25) is 9.59 Å². The summed E-state index contributed by atoms with van der Waals surface area (Å²) < 4.78 is 4.76. The number of imide groups is 1. The first kappa shape index (κ1) is 24.6. The third-order valence-corrected chi connectivity index (χ3v) is 7.60. The second-order valence-corrected chi connectivity index (χ2v) is 9.97. The Morgan fingerprint density at radius 1 is 0.757 bits per heavy atom. The molecule has 0 atom stereocenters. The minimum atomic E-state index is -0.476. The van der Waals surface area contributed by atoms with E-state index >= 15 is 0 Å². The van der Waals surface area contributed by atoms with Crippen LogP contribution in [0.1, 0.15) is 15.9 Å². The Morgan fingerprint density at radius 2 is 1.38 bits per heavy atom. The summed E-state index contributed by atoms with van der Waals surface area (Å²) in [4.78, 5) is 46.2. The van der Waals surface area contributed by atoms with Crippen molar-refractivity contribution < 1.29 is 19.1 Å². The van der Waals surface area contributed by atoms with Gasteiger partial charge in [0.2, 0.25) is 0 Å². The van der Waals surface area contributed by atoms with Gasteiger partial charge < -0.3 is 14.5 Å². The number of anilines is 2. The van der Waals surface area contributed by atoms with E-state index in [2.05, 4.69) is 17.0 Å². The molecule has 0 aromatic heterocycles. The molecule has 0 bridgehead atoms. The average molecular weight is 514 g/mol. The summed E-state index contributed by atoms with van der Waals surface area (Å²) >= 11 is 1.32. The number of thioether (sulfide) groups is 1. The van der Waals surface area contributed by atoms with E-state index in [0.717, 1.165) is 29.2 Å². The number of para-hydroxylation sites is 1. The zero-order valence-electron chi connectivity index (χ0n) is 20.7. The van der Waals surface area contributed by atoms with Gasteiger partial charge in [0.1, 0.15) is 10.6 Å². The summed E-state index contributed by atoms with van der Waals surface area (Å²) in [5.41, 5.74) is 3.47. The second-order valence-electron chi connectivity index (χ2n) is 8.89. The van der Waals surface area contributed by atoms with E-state index in [1.807, 2.05) is 54.3 Å². The van der Waals surface area contributed by atoms with Crippen LogP contribution in [0.25, 0.3) is 0 Å². The summed E-state index contributed by atoms with van der Waals surface area (Å²) in [5.74, 6) is -1.18. The summed E-state index contributed by atoms with van der Waals surface area (Å²) in [6.07, 6.45) is 0. The molecule has 2 aliphatic heterocycles. The molecule has 8 heteroatoms. The predicted molar refractivity (Wildman–Crippen MR) is 145 cm³/mol. The highest BCUT2D eigenvalue weighted by molar-refractivity contribution is 8.04. The smallest absolute Gasteiger partial charge is 0.337 e. The van der Waals surface area contributed by atoms with Crippen molar-refractivity contribution in [2.75, 3.05) is 43.1 Å². The predicted octanol–water partition coefficient (Wildman–Crippen LogP) is 4.48. The molecule has 0 radical (unpaired) electrons. The van der Waals surface area contributed by atoms with E-state index in [-0.39, 0.29) is 11.8 Å². The van der Waals surface area contributed by atoms with Gasteiger partial charge in [-0.15, -0.1) is 0 Å². The topological polar surface area (TPSA) is 70.2 Å². The molecule has 1 fully saturated rings. The summed E-state index contributed by atoms with van der Waals surface area (Å²) in [7, 11) is 1.31. The molecule has 2 heterocycles. The van der Waals surface area contributed by atoms with Crippen molar-refractivity contribution in [3.8, 4) is 0 Å². The van der Waals surface area contributed by atoms with Crippen LogP contribution >= 0.6 is 11.8 Å². The quantitative estimate of drug-likeness (QED) is 0.356. The van der Waals surface area contributed by atoms with Crippen LogP contribution in [0.15, 0.2) is 94.4 Å². The molecule has 0 saturated carbocycles. The molecular weight excluding hydrogens is 486 g/mol. The number of amides is 2. The maximum absolute atomic E-state index is 13.8. The fourth-order valence-electron chi connectivity index (χ4n) is 4.52. The van der Waals surface area contributed by atoms with Gasteiger partial charge in [-0.25, -0.2) is 9.69 Å². The molecule has 5 rings (SSSR count). The minimum Gasteiger partial charge on any atom is -0.465 e. The van der Waals surface area contributed by atoms with Crippen LogP contribution in [0, 0.1) is 6.92 Å². The van der Waals surface area contributed by atoms with Gasteiger partial charge in [-0.2, -0.15) is 0 Å². The lowest BCUT2D eigenvalue weighted by molar-refractivity contribution is -0.121. The van der Waals surface area contributed by atoms with Crippen LogP contribution in [-0.2, 0) is 14.3 Å². The number of nitrogens with zero attached hydrogens (tertiary/aromatic N) is 3. The number of hydrogen-bond acceptors (Lipinski definition) is 7. The van der Waals surface area contributed by atoms with Crippen LogP contribution < -0.4 is 9.80 Å². The van der Waals surface area contributed by atoms with Crippen LogP contribution in [0.3, 0.4) is 0 Å². The Bertz CT molecular complexity index is 1350. The second kappa shape index (κ2) is 10.5. The third-order valence-electron chi connectivity index (χ3n) is 6.52. The fraction of sp³-hybridized carbons (Fsp3) is 0.207. The van der Waals surface area contributed by atoms with Gasteiger partial charge in [-0.05, 0) is 55.5 Å². The number of methoxy groups -OCH3 is 1. The normalized spacial score (nSPS) is 16.0. The first-order valence-corrected chi connectivity index (χ1v) is 12.9. The zero-order chi connectivity index (χ0) is 25.9. The van der Waals surface area contributed by atoms with Gasteiger partial charge in [0, 0.05) is 36.8 Å². The molecule has 188 valence electrons. The summed E-state index contributed by atoms with van der Waals surface area (Å²) in [5, 5.41) is 0. The largest absolute Gasteiger partial charge is 0.465 e. The molecule has 7 nitrogen and oxygen atoms in total. The van der Waals surface area contributed by atoms with Crippen LogP contribution in [-0.4, -0.2) is 56.0 Å². The van der Waals surface area contributed by atoms with Crippen molar-refractivity contribution in [1.29, 1.82) is 0 Å². The summed E-state index contributed by atoms with van der Waals surface area (Å²) in [6, 6.07) is 24.4. The van der Waals surface area contributed by atoms with Crippen molar-refractivity contribution in [3.63, 3.8) is 0 Å². The number of aryl methyl sites for hydroxylation is 1. The van der Waals surface area contributed by atoms with E-state index < -0.39 is 5.97 Å². The maximum Gasteiger partial charge on any atom is 0.337 e. The van der Waals surface area contributed by atoms with Crippen LogP contribution in [0.4, 0.5) is 11.4 Å². The van der Waals surface area contributed by atoms with Crippen LogP contribution in [0.5, 0.6) is 0 Å². The number of piperazine rings is 1. The Labute approximate surface area is 220 Å². The molecule has 1 saturated heterocycles. The number of ether oxygens (including phenoxy) is 1. The Morgan fingerprint density at radius 3 is 2.00 bits per heavy atom. The van der Waals surface area contributed by atoms with Gasteiger partial charge in [-0.1, -0.05) is 47.7 Å². The van der Waals surface area contributed by atoms with Crippen molar-refractivity contribution >= 4 is 40.9 Å². The van der Waals surface area contributed by atoms with Gasteiger partial charge in [0.25, 0.3) is 11.8 Å². The number of esters is 1. The number of benzene rings is 3. The first-order chi connectivity index (χ1) is 18.0. The molecule has 2 amide bonds. The van der Waals surface area contributed by atoms with Crippen molar-refractivity contribution in [2.24, 2.45) is 0 Å². The van der Waals surface area contributed by atoms with E-state index in [0.29, 0.717) is 34.9 Å². The molecule has 3 aromatic rings. The summed E-state index contributed by atoms with van der Waals surface area (Å²) in [6.45, 7) is 4.73. The molecule has 37 heavy (non-hydrogen) atoms. The number of rotatable bonds is 6. The van der Waals surface area contributed by atoms with Crippen molar-refractivity contribution in [1.82, 2.24) is 4.90 Å². The maximum atomic E-state index is 13.8. The molecule has 0 aliphatic carbocycles. The number of carbonyl (C=O) groups is 3. The van der Waals surface area contributed by atoms with Crippen molar-refractivity contribution in [3.05, 3.63) is 101 Å². The SMILES string of the molecule is COC(=O)c1ccc(N2C(=O)C(Sc3ccc(C)cc3)=C(N3CCN(c4ccccc4)CC3)C2=O)cc1. The average Bonchev–Trinajstić information content (AvgIpc) is 3.18. The highest BCUT2D eigenvalue weighted by Crippen LogP contribution is 2.39. The Hall–Kier alpha value is -4.04. The highest BCUT2D eigenvalue weighted by Gasteiger charge is 2.43. The minimum absolute atomic E-state index is 0.349. The van der Waals surface area contributed by atoms with E-state index in [1.54, 1.807) is 24.3 Å². The molecule has 0 unspecified atom stereocenters. The van der Waals surface area contributed by atoms with Gasteiger partial charge >= 0.3 is 5.97 Å². The third kappa shape index (κ3) is 4.97. The van der Waals surface area contributed by atoms with E-state index in [9.17, 15) is 14.4 Å². The zero-order valence-corrected chi connectivity index (χ0v) is 21.5. The highest BCUT2D eigenvalue weighted by atomic mass is 32.2. The molecular formula is C29H27N3O4S. The molecule has 3 aromatic carbocycles. The van der Waals surface area contributed by atoms with Crippen molar-refractivity contribution in [2.45, 2.75) is 11.8 Å². The number of hydrogen-bond donors (Lipinski definition) is 0. The Kier molecular flexibility index (Phi) is 7.01. The lowest BCUT2D eigenvalue weighted by atomic mass is 10.2. The van der Waals surface area contributed by atoms with E-state index in [4.69, 9.17) is 4.74 Å². The monoisotopic (exact) mass is 513 g/mol. The molecule has 0 spiro atoms. The van der Waals surface area contributed by atoms with Gasteiger partial charge in [0.05, 0.1) is 18.4 Å². The molecule has 2 aliphatic rings. The Balaban J connectivity index is 1.44. The van der Waals surface area contributed by atoms with Crippen LogP contribution in [0.2, 0.25) is 0 Å². The molecule has 0 N–H and O–H groups in total. The lowest BCUT2D eigenvalue weighted by Gasteiger charge is -2.37. The van der Waals surface area contributed by atoms with E-state index in [1.165, 1.54) is 23.8 Å². The number of carbonyl (C=O) groups excluding carboxylic acids is 3. The lowest BCUT2D eigenvalue weighted by Crippen LogP contribution is -2.47. The fourth-order valence-corrected chi connectivity index (χ4v) is 5.52.